The van der Waals surface area contributed by atoms with E-state index < -0.39 is 48.6 Å². The third kappa shape index (κ3) is 6.97. The van der Waals surface area contributed by atoms with E-state index in [0.717, 1.165) is 18.2 Å². The van der Waals surface area contributed by atoms with Crippen LogP contribution < -0.4 is 0 Å². The zero-order valence-electron chi connectivity index (χ0n) is 15.5. The van der Waals surface area contributed by atoms with Crippen LogP contribution in [0.15, 0.2) is 34.9 Å². The van der Waals surface area contributed by atoms with Gasteiger partial charge in [0.15, 0.2) is 0 Å². The van der Waals surface area contributed by atoms with Gasteiger partial charge in [0.2, 0.25) is 0 Å². The Morgan fingerprint density at radius 1 is 0.667 bits per heavy atom. The second-order valence-corrected chi connectivity index (χ2v) is 6.66. The first-order valence-corrected chi connectivity index (χ1v) is 7.98. The van der Waals surface area contributed by atoms with Crippen molar-refractivity contribution in [2.75, 3.05) is 19.8 Å². The van der Waals surface area contributed by atoms with E-state index in [1.54, 1.807) is 0 Å². The third-order valence-electron chi connectivity index (χ3n) is 4.16. The lowest BCUT2D eigenvalue weighted by Crippen LogP contribution is -2.39. The smallest absolute Gasteiger partial charge is 0.330 e. The molecule has 0 heterocycles. The highest BCUT2D eigenvalue weighted by atomic mass is 16.4. The summed E-state index contributed by atoms with van der Waals surface area (Å²) in [6.07, 6.45) is 3.10. The third-order valence-corrected chi connectivity index (χ3v) is 4.16. The topological polar surface area (TPSA) is 173 Å². The predicted molar refractivity (Wildman–Crippen MR) is 94.9 cm³/mol. The zero-order valence-corrected chi connectivity index (χ0v) is 15.5. The molecule has 0 fully saturated rings. The minimum Gasteiger partial charge on any atom is -0.478 e. The van der Waals surface area contributed by atoms with Crippen LogP contribution >= 0.6 is 0 Å². The molecule has 0 aliphatic heterocycles. The standard InChI is InChI=1S/C18H26O9/c1-11(14(22)23)4-17(5-12(2)15(24)25,6-13(3)16(26)27)7-18(8-19,9-20)10-21/h4-6,19-21H,7-10H2,1-3H3,(H,22,23)(H,24,25)(H,26,27). The molecule has 0 aliphatic rings. The van der Waals surface area contributed by atoms with E-state index in [9.17, 15) is 45.0 Å². The molecule has 0 atom stereocenters. The largest absolute Gasteiger partial charge is 0.478 e. The van der Waals surface area contributed by atoms with E-state index in [0.29, 0.717) is 0 Å². The fraction of sp³-hybridized carbons (Fsp3) is 0.500. The zero-order chi connectivity index (χ0) is 21.4. The van der Waals surface area contributed by atoms with E-state index in [1.165, 1.54) is 20.8 Å². The average Bonchev–Trinajstić information content (AvgIpc) is 2.59. The van der Waals surface area contributed by atoms with Crippen molar-refractivity contribution in [3.05, 3.63) is 34.9 Å². The van der Waals surface area contributed by atoms with Gasteiger partial charge in [-0.3, -0.25) is 0 Å². The molecular formula is C18H26O9. The summed E-state index contributed by atoms with van der Waals surface area (Å²) in [5.41, 5.74) is -3.74. The lowest BCUT2D eigenvalue weighted by molar-refractivity contribution is -0.133. The maximum absolute atomic E-state index is 11.3. The monoisotopic (exact) mass is 386 g/mol. The molecule has 0 amide bonds. The molecule has 0 spiro atoms. The number of carboxylic acids is 3. The van der Waals surface area contributed by atoms with Crippen LogP contribution in [-0.4, -0.2) is 68.4 Å². The van der Waals surface area contributed by atoms with Gasteiger partial charge in [0.25, 0.3) is 0 Å². The lowest BCUT2D eigenvalue weighted by Gasteiger charge is -2.37. The highest BCUT2D eigenvalue weighted by Crippen LogP contribution is 2.40. The number of aliphatic hydroxyl groups is 3. The first-order valence-electron chi connectivity index (χ1n) is 7.98. The first kappa shape index (κ1) is 24.5. The van der Waals surface area contributed by atoms with E-state index in [-0.39, 0.29) is 23.1 Å². The predicted octanol–water partition coefficient (Wildman–Crippen LogP) is 0.419. The molecule has 9 heteroatoms. The molecule has 0 unspecified atom stereocenters. The molecule has 0 radical (unpaired) electrons. The maximum atomic E-state index is 11.3. The minimum absolute atomic E-state index is 0.207. The van der Waals surface area contributed by atoms with Crippen LogP contribution in [-0.2, 0) is 14.4 Å². The van der Waals surface area contributed by atoms with Crippen LogP contribution in [0.1, 0.15) is 27.2 Å². The Bertz CT molecular complexity index is 584. The highest BCUT2D eigenvalue weighted by molar-refractivity contribution is 5.89. The van der Waals surface area contributed by atoms with Crippen molar-refractivity contribution in [3.63, 3.8) is 0 Å². The van der Waals surface area contributed by atoms with Crippen LogP contribution in [0.2, 0.25) is 0 Å². The van der Waals surface area contributed by atoms with Crippen LogP contribution in [0.4, 0.5) is 0 Å². The summed E-state index contributed by atoms with van der Waals surface area (Å²) in [4.78, 5) is 33.9. The van der Waals surface area contributed by atoms with Gasteiger partial charge in [-0.1, -0.05) is 18.2 Å². The van der Waals surface area contributed by atoms with Gasteiger partial charge in [0, 0.05) is 27.5 Å². The molecular weight excluding hydrogens is 360 g/mol. The Balaban J connectivity index is 6.92. The van der Waals surface area contributed by atoms with Crippen molar-refractivity contribution in [2.45, 2.75) is 27.2 Å². The van der Waals surface area contributed by atoms with Gasteiger partial charge < -0.3 is 30.6 Å². The van der Waals surface area contributed by atoms with Crippen molar-refractivity contribution in [3.8, 4) is 0 Å². The Morgan fingerprint density at radius 2 is 0.926 bits per heavy atom. The van der Waals surface area contributed by atoms with Gasteiger partial charge in [-0.15, -0.1) is 0 Å². The lowest BCUT2D eigenvalue weighted by atomic mass is 9.69. The Hall–Kier alpha value is -2.49. The van der Waals surface area contributed by atoms with Crippen LogP contribution in [0, 0.1) is 10.8 Å². The average molecular weight is 386 g/mol. The molecule has 0 aromatic heterocycles. The molecule has 152 valence electrons. The Morgan fingerprint density at radius 3 is 1.11 bits per heavy atom. The van der Waals surface area contributed by atoms with Gasteiger partial charge in [-0.2, -0.15) is 0 Å². The van der Waals surface area contributed by atoms with E-state index in [2.05, 4.69) is 0 Å². The van der Waals surface area contributed by atoms with E-state index in [1.807, 2.05) is 0 Å². The van der Waals surface area contributed by atoms with E-state index >= 15 is 0 Å². The number of hydrogen-bond donors (Lipinski definition) is 6. The maximum Gasteiger partial charge on any atom is 0.330 e. The molecule has 0 aromatic carbocycles. The first-order chi connectivity index (χ1) is 12.4. The van der Waals surface area contributed by atoms with Crippen molar-refractivity contribution >= 4 is 17.9 Å². The summed E-state index contributed by atoms with van der Waals surface area (Å²) >= 11 is 0. The summed E-state index contributed by atoms with van der Waals surface area (Å²) in [5.74, 6) is -3.95. The number of aliphatic carboxylic acids is 3. The van der Waals surface area contributed by atoms with Crippen molar-refractivity contribution < 1.29 is 45.0 Å². The fourth-order valence-electron chi connectivity index (χ4n) is 2.64. The second kappa shape index (κ2) is 10.0. The number of carbonyl (C=O) groups is 3. The summed E-state index contributed by atoms with van der Waals surface area (Å²) in [6, 6.07) is 0. The van der Waals surface area contributed by atoms with Crippen molar-refractivity contribution in [1.82, 2.24) is 0 Å². The molecule has 0 aromatic rings. The highest BCUT2D eigenvalue weighted by Gasteiger charge is 2.38. The van der Waals surface area contributed by atoms with Gasteiger partial charge in [0.1, 0.15) is 0 Å². The number of rotatable bonds is 11. The van der Waals surface area contributed by atoms with Crippen molar-refractivity contribution in [1.29, 1.82) is 0 Å². The molecule has 0 saturated heterocycles. The molecule has 9 nitrogen and oxygen atoms in total. The molecule has 0 aliphatic carbocycles. The molecule has 0 saturated carbocycles. The molecule has 0 rings (SSSR count). The normalized spacial score (nSPS) is 16.0. The fourth-order valence-corrected chi connectivity index (χ4v) is 2.64. The van der Waals surface area contributed by atoms with E-state index in [4.69, 9.17) is 0 Å². The van der Waals surface area contributed by atoms with Crippen LogP contribution in [0.5, 0.6) is 0 Å². The number of allylic oxidation sites excluding steroid dienone is 3. The number of hydrogen-bond acceptors (Lipinski definition) is 6. The molecule has 27 heavy (non-hydrogen) atoms. The number of aliphatic hydroxyl groups excluding tert-OH is 3. The Labute approximate surface area is 156 Å². The summed E-state index contributed by atoms with van der Waals surface area (Å²) in [5, 5.41) is 56.6. The summed E-state index contributed by atoms with van der Waals surface area (Å²) in [7, 11) is 0. The number of carboxylic acid groups (broad SMARTS) is 3. The second-order valence-electron chi connectivity index (χ2n) is 6.66. The SMILES string of the molecule is CC(=CC(C=C(C)C(=O)O)(C=C(C)C(=O)O)CC(CO)(CO)CO)C(=O)O. The van der Waals surface area contributed by atoms with Gasteiger partial charge >= 0.3 is 17.9 Å². The quantitative estimate of drug-likeness (QED) is 0.275. The van der Waals surface area contributed by atoms with Crippen LogP contribution in [0.3, 0.4) is 0 Å². The molecule has 0 bridgehead atoms. The van der Waals surface area contributed by atoms with Crippen LogP contribution in [0.25, 0.3) is 0 Å². The van der Waals surface area contributed by atoms with Gasteiger partial charge in [0.05, 0.1) is 19.8 Å². The summed E-state index contributed by atoms with van der Waals surface area (Å²) in [6.45, 7) is 1.64. The Kier molecular flexibility index (Phi) is 9.08. The summed E-state index contributed by atoms with van der Waals surface area (Å²) < 4.78 is 0. The minimum atomic E-state index is -1.61. The molecule has 6 N–H and O–H groups in total. The van der Waals surface area contributed by atoms with Gasteiger partial charge in [-0.25, -0.2) is 14.4 Å². The van der Waals surface area contributed by atoms with Gasteiger partial charge in [-0.05, 0) is 27.2 Å². The van der Waals surface area contributed by atoms with Crippen molar-refractivity contribution in [2.24, 2.45) is 10.8 Å².